The van der Waals surface area contributed by atoms with E-state index in [9.17, 15) is 34.2 Å². The molecule has 1 aliphatic heterocycles. The third-order valence-corrected chi connectivity index (χ3v) is 5.18. The SMILES string of the molecule is CC(O)C(NC(=O)C(CC(=O)O)NC(=O)C(N)CCCN=C(N)N)C(=O)N1CCCC1C(=O)O. The fourth-order valence-corrected chi connectivity index (χ4v) is 3.42. The molecule has 0 saturated carbocycles. The normalized spacial score (nSPS) is 18.8. The van der Waals surface area contributed by atoms with Gasteiger partial charge in [0.05, 0.1) is 18.6 Å². The molecule has 5 atom stereocenters. The summed E-state index contributed by atoms with van der Waals surface area (Å²) in [6.45, 7) is 1.55. The van der Waals surface area contributed by atoms with E-state index in [0.29, 0.717) is 12.8 Å². The Labute approximate surface area is 195 Å². The van der Waals surface area contributed by atoms with Crippen LogP contribution in [0.25, 0.3) is 0 Å². The van der Waals surface area contributed by atoms with E-state index in [1.54, 1.807) is 0 Å². The van der Waals surface area contributed by atoms with E-state index in [4.69, 9.17) is 22.3 Å². The molecule has 0 aromatic carbocycles. The number of carbonyl (C=O) groups is 5. The monoisotopic (exact) mass is 487 g/mol. The molecule has 1 heterocycles. The molecule has 1 aliphatic rings. The predicted octanol–water partition coefficient (Wildman–Crippen LogP) is -3.73. The number of carboxylic acids is 2. The summed E-state index contributed by atoms with van der Waals surface area (Å²) in [5.41, 5.74) is 16.2. The molecule has 34 heavy (non-hydrogen) atoms. The molecule has 0 spiro atoms. The van der Waals surface area contributed by atoms with Crippen molar-refractivity contribution in [2.45, 2.75) is 69.3 Å². The van der Waals surface area contributed by atoms with Gasteiger partial charge >= 0.3 is 11.9 Å². The number of hydrogen-bond donors (Lipinski definition) is 8. The molecule has 0 aliphatic carbocycles. The van der Waals surface area contributed by atoms with Crippen molar-refractivity contribution in [3.63, 3.8) is 0 Å². The third kappa shape index (κ3) is 8.82. The van der Waals surface area contributed by atoms with Gasteiger partial charge in [-0.15, -0.1) is 0 Å². The molecule has 1 fully saturated rings. The molecule has 3 amide bonds. The summed E-state index contributed by atoms with van der Waals surface area (Å²) in [4.78, 5) is 65.4. The van der Waals surface area contributed by atoms with Crippen LogP contribution in [0.15, 0.2) is 4.99 Å². The highest BCUT2D eigenvalue weighted by molar-refractivity contribution is 5.96. The minimum Gasteiger partial charge on any atom is -0.481 e. The molecule has 11 N–H and O–H groups in total. The number of nitrogens with zero attached hydrogens (tertiary/aromatic N) is 2. The summed E-state index contributed by atoms with van der Waals surface area (Å²) < 4.78 is 0. The standard InChI is InChI=1S/C19H33N7O8/c1-9(27)14(17(32)26-7-3-5-12(26)18(33)34)25-16(31)11(8-13(28)29)24-15(30)10(20)4-2-6-23-19(21)22/h9-12,14,27H,2-8,20H2,1H3,(H,24,30)(H,25,31)(H,28,29)(H,33,34)(H4,21,22,23). The van der Waals surface area contributed by atoms with Crippen molar-refractivity contribution < 1.29 is 39.3 Å². The smallest absolute Gasteiger partial charge is 0.326 e. The van der Waals surface area contributed by atoms with Gasteiger partial charge in [0.15, 0.2) is 5.96 Å². The Morgan fingerprint density at radius 3 is 2.29 bits per heavy atom. The maximum atomic E-state index is 12.8. The van der Waals surface area contributed by atoms with E-state index < -0.39 is 66.4 Å². The molecule has 1 saturated heterocycles. The van der Waals surface area contributed by atoms with Crippen LogP contribution in [-0.4, -0.2) is 99.2 Å². The van der Waals surface area contributed by atoms with E-state index >= 15 is 0 Å². The second kappa shape index (κ2) is 13.3. The number of nitrogens with two attached hydrogens (primary N) is 3. The first-order chi connectivity index (χ1) is 15.8. The highest BCUT2D eigenvalue weighted by atomic mass is 16.4. The van der Waals surface area contributed by atoms with Gasteiger partial charge in [-0.3, -0.25) is 24.2 Å². The van der Waals surface area contributed by atoms with Crippen LogP contribution in [-0.2, 0) is 24.0 Å². The number of nitrogens with one attached hydrogen (secondary N) is 2. The minimum absolute atomic E-state index is 0.123. The van der Waals surface area contributed by atoms with Crippen LogP contribution >= 0.6 is 0 Å². The van der Waals surface area contributed by atoms with E-state index in [1.807, 2.05) is 0 Å². The molecule has 0 aromatic rings. The van der Waals surface area contributed by atoms with Crippen LogP contribution in [0.2, 0.25) is 0 Å². The fraction of sp³-hybridized carbons (Fsp3) is 0.684. The first-order valence-electron chi connectivity index (χ1n) is 10.7. The van der Waals surface area contributed by atoms with Crippen molar-refractivity contribution in [1.82, 2.24) is 15.5 Å². The third-order valence-electron chi connectivity index (χ3n) is 5.18. The number of rotatable bonds is 13. The molecule has 0 bridgehead atoms. The molecule has 15 nitrogen and oxygen atoms in total. The minimum atomic E-state index is -1.60. The molecule has 15 heteroatoms. The van der Waals surface area contributed by atoms with Gasteiger partial charge in [-0.05, 0) is 32.6 Å². The lowest BCUT2D eigenvalue weighted by atomic mass is 10.1. The maximum absolute atomic E-state index is 12.8. The average Bonchev–Trinajstić information content (AvgIpc) is 3.23. The van der Waals surface area contributed by atoms with Gasteiger partial charge in [-0.2, -0.15) is 0 Å². The number of likely N-dealkylation sites (tertiary alicyclic amines) is 1. The van der Waals surface area contributed by atoms with Crippen LogP contribution in [0, 0.1) is 0 Å². The molecule has 5 unspecified atom stereocenters. The maximum Gasteiger partial charge on any atom is 0.326 e. The Hall–Kier alpha value is -3.46. The first kappa shape index (κ1) is 28.6. The van der Waals surface area contributed by atoms with E-state index in [1.165, 1.54) is 6.92 Å². The van der Waals surface area contributed by atoms with Crippen molar-refractivity contribution in [2.24, 2.45) is 22.2 Å². The Kier molecular flexibility index (Phi) is 11.2. The van der Waals surface area contributed by atoms with Gasteiger partial charge in [-0.25, -0.2) is 4.79 Å². The molecular formula is C19H33N7O8. The number of aliphatic imine (C=N–C) groups is 1. The summed E-state index contributed by atoms with van der Waals surface area (Å²) in [6, 6.07) is -5.34. The Bertz CT molecular complexity index is 800. The van der Waals surface area contributed by atoms with E-state index in [2.05, 4.69) is 15.6 Å². The highest BCUT2D eigenvalue weighted by Gasteiger charge is 2.40. The van der Waals surface area contributed by atoms with E-state index in [-0.39, 0.29) is 31.9 Å². The van der Waals surface area contributed by atoms with Gasteiger partial charge in [0.25, 0.3) is 0 Å². The van der Waals surface area contributed by atoms with Crippen molar-refractivity contribution in [3.05, 3.63) is 0 Å². The van der Waals surface area contributed by atoms with Crippen LogP contribution < -0.4 is 27.8 Å². The zero-order valence-electron chi connectivity index (χ0n) is 18.8. The number of aliphatic hydroxyl groups is 1. The van der Waals surface area contributed by atoms with Gasteiger partial charge in [-0.1, -0.05) is 0 Å². The average molecular weight is 488 g/mol. The van der Waals surface area contributed by atoms with Crippen LogP contribution in [0.5, 0.6) is 0 Å². The van der Waals surface area contributed by atoms with Crippen molar-refractivity contribution in [1.29, 1.82) is 0 Å². The second-order valence-electron chi connectivity index (χ2n) is 7.97. The summed E-state index contributed by atoms with van der Waals surface area (Å²) >= 11 is 0. The van der Waals surface area contributed by atoms with Crippen molar-refractivity contribution in [3.8, 4) is 0 Å². The number of aliphatic carboxylic acids is 2. The number of amides is 3. The Balaban J connectivity index is 2.87. The lowest BCUT2D eigenvalue weighted by Crippen LogP contribution is -2.60. The summed E-state index contributed by atoms with van der Waals surface area (Å²) in [7, 11) is 0. The van der Waals surface area contributed by atoms with Crippen LogP contribution in [0.4, 0.5) is 0 Å². The zero-order chi connectivity index (χ0) is 26.0. The lowest BCUT2D eigenvalue weighted by molar-refractivity contribution is -0.151. The van der Waals surface area contributed by atoms with Gasteiger partial charge in [0, 0.05) is 13.1 Å². The van der Waals surface area contributed by atoms with Gasteiger partial charge in [0.2, 0.25) is 17.7 Å². The number of guanidine groups is 1. The number of carboxylic acid groups (broad SMARTS) is 2. The molecule has 1 rings (SSSR count). The van der Waals surface area contributed by atoms with Crippen LogP contribution in [0.1, 0.15) is 39.0 Å². The molecule has 0 aromatic heterocycles. The largest absolute Gasteiger partial charge is 0.481 e. The molecule has 0 radical (unpaired) electrons. The lowest BCUT2D eigenvalue weighted by Gasteiger charge is -2.30. The quantitative estimate of drug-likeness (QED) is 0.0710. The molecule has 192 valence electrons. The Morgan fingerprint density at radius 1 is 1.12 bits per heavy atom. The number of carbonyl (C=O) groups excluding carboxylic acids is 3. The van der Waals surface area contributed by atoms with Crippen LogP contribution in [0.3, 0.4) is 0 Å². The molecular weight excluding hydrogens is 454 g/mol. The second-order valence-corrected chi connectivity index (χ2v) is 7.97. The predicted molar refractivity (Wildman–Crippen MR) is 118 cm³/mol. The fourth-order valence-electron chi connectivity index (χ4n) is 3.42. The number of hydrogen-bond acceptors (Lipinski definition) is 8. The highest BCUT2D eigenvalue weighted by Crippen LogP contribution is 2.19. The summed E-state index contributed by atoms with van der Waals surface area (Å²) in [5, 5.41) is 32.9. The van der Waals surface area contributed by atoms with Crippen molar-refractivity contribution >= 4 is 35.6 Å². The summed E-state index contributed by atoms with van der Waals surface area (Å²) in [6.07, 6.45) is -1.10. The van der Waals surface area contributed by atoms with Gasteiger partial charge < -0.3 is 48.1 Å². The van der Waals surface area contributed by atoms with Crippen molar-refractivity contribution in [2.75, 3.05) is 13.1 Å². The number of aliphatic hydroxyl groups excluding tert-OH is 1. The topological polar surface area (TPSA) is 264 Å². The van der Waals surface area contributed by atoms with E-state index in [0.717, 1.165) is 4.90 Å². The Morgan fingerprint density at radius 2 is 1.76 bits per heavy atom. The first-order valence-corrected chi connectivity index (χ1v) is 10.7. The zero-order valence-corrected chi connectivity index (χ0v) is 18.8. The van der Waals surface area contributed by atoms with Gasteiger partial charge in [0.1, 0.15) is 18.1 Å². The summed E-state index contributed by atoms with van der Waals surface area (Å²) in [5.74, 6) is -5.43.